The first-order valence-electron chi connectivity index (χ1n) is 5.48. The lowest BCUT2D eigenvalue weighted by Crippen LogP contribution is -2.34. The van der Waals surface area contributed by atoms with Crippen molar-refractivity contribution in [2.24, 2.45) is 0 Å². The van der Waals surface area contributed by atoms with Gasteiger partial charge in [-0.25, -0.2) is 0 Å². The highest BCUT2D eigenvalue weighted by Crippen LogP contribution is 2.17. The van der Waals surface area contributed by atoms with Crippen LogP contribution in [0, 0.1) is 6.92 Å². The summed E-state index contributed by atoms with van der Waals surface area (Å²) in [4.78, 5) is 13.7. The number of hydrogen-bond acceptors (Lipinski definition) is 3. The molecule has 0 aliphatic heterocycles. The van der Waals surface area contributed by atoms with Crippen molar-refractivity contribution < 1.29 is 9.90 Å². The van der Waals surface area contributed by atoms with Crippen molar-refractivity contribution in [1.82, 2.24) is 4.90 Å². The molecule has 1 amide bonds. The number of benzene rings is 1. The molecule has 17 heavy (non-hydrogen) atoms. The molecule has 1 aromatic rings. The van der Waals surface area contributed by atoms with Crippen molar-refractivity contribution in [2.45, 2.75) is 6.92 Å². The van der Waals surface area contributed by atoms with E-state index in [1.165, 1.54) is 4.90 Å². The molecule has 0 atom stereocenters. The van der Waals surface area contributed by atoms with Crippen LogP contribution in [0.15, 0.2) is 30.9 Å². The molecule has 92 valence electrons. The second-order valence-electron chi connectivity index (χ2n) is 3.78. The van der Waals surface area contributed by atoms with Crippen LogP contribution in [0.4, 0.5) is 5.69 Å². The van der Waals surface area contributed by atoms with E-state index < -0.39 is 0 Å². The summed E-state index contributed by atoms with van der Waals surface area (Å²) in [5, 5.41) is 8.93. The van der Waals surface area contributed by atoms with Crippen LogP contribution in [0.25, 0.3) is 0 Å². The maximum absolute atomic E-state index is 12.2. The molecular weight excluding hydrogens is 216 g/mol. The minimum Gasteiger partial charge on any atom is -0.398 e. The number of rotatable bonds is 5. The number of anilines is 1. The number of aliphatic hydroxyl groups excluding tert-OH is 1. The number of nitrogens with two attached hydrogens (primary N) is 1. The van der Waals surface area contributed by atoms with Crippen LogP contribution in [0.3, 0.4) is 0 Å². The quantitative estimate of drug-likeness (QED) is 0.594. The number of carbonyl (C=O) groups excluding carboxylic acids is 1. The number of hydrogen-bond donors (Lipinski definition) is 2. The zero-order valence-electron chi connectivity index (χ0n) is 10.0. The molecule has 0 bridgehead atoms. The van der Waals surface area contributed by atoms with Gasteiger partial charge >= 0.3 is 0 Å². The smallest absolute Gasteiger partial charge is 0.254 e. The van der Waals surface area contributed by atoms with Crippen LogP contribution < -0.4 is 5.73 Å². The Bertz CT molecular complexity index is 416. The number of aliphatic hydroxyl groups is 1. The SMILES string of the molecule is C=CCN(CCO)C(=O)c1cccc(N)c1C. The molecule has 0 fully saturated rings. The highest BCUT2D eigenvalue weighted by molar-refractivity contribution is 5.97. The molecule has 0 aliphatic carbocycles. The summed E-state index contributed by atoms with van der Waals surface area (Å²) in [6.45, 7) is 6.04. The fourth-order valence-electron chi connectivity index (χ4n) is 1.61. The third-order valence-corrected chi connectivity index (χ3v) is 2.61. The van der Waals surface area contributed by atoms with E-state index >= 15 is 0 Å². The molecule has 4 heteroatoms. The van der Waals surface area contributed by atoms with Crippen LogP contribution in [-0.2, 0) is 0 Å². The monoisotopic (exact) mass is 234 g/mol. The maximum Gasteiger partial charge on any atom is 0.254 e. The minimum atomic E-state index is -0.135. The van der Waals surface area contributed by atoms with Gasteiger partial charge in [-0.3, -0.25) is 4.79 Å². The average molecular weight is 234 g/mol. The lowest BCUT2D eigenvalue weighted by Gasteiger charge is -2.21. The van der Waals surface area contributed by atoms with Gasteiger partial charge in [-0.15, -0.1) is 6.58 Å². The Morgan fingerprint density at radius 2 is 2.29 bits per heavy atom. The Labute approximate surface area is 101 Å². The van der Waals surface area contributed by atoms with Gasteiger partial charge in [0, 0.05) is 24.3 Å². The second kappa shape index (κ2) is 6.06. The van der Waals surface area contributed by atoms with Gasteiger partial charge in [0.2, 0.25) is 0 Å². The van der Waals surface area contributed by atoms with Gasteiger partial charge in [0.15, 0.2) is 0 Å². The van der Waals surface area contributed by atoms with Crippen LogP contribution in [0.5, 0.6) is 0 Å². The van der Waals surface area contributed by atoms with Crippen molar-refractivity contribution in [1.29, 1.82) is 0 Å². The minimum absolute atomic E-state index is 0.0685. The normalized spacial score (nSPS) is 10.0. The van der Waals surface area contributed by atoms with Crippen molar-refractivity contribution in [3.63, 3.8) is 0 Å². The highest BCUT2D eigenvalue weighted by Gasteiger charge is 2.16. The third-order valence-electron chi connectivity index (χ3n) is 2.61. The van der Waals surface area contributed by atoms with Gasteiger partial charge in [-0.1, -0.05) is 12.1 Å². The van der Waals surface area contributed by atoms with Crippen molar-refractivity contribution in [2.75, 3.05) is 25.4 Å². The van der Waals surface area contributed by atoms with Gasteiger partial charge in [-0.05, 0) is 24.6 Å². The van der Waals surface area contributed by atoms with Crippen LogP contribution in [0.1, 0.15) is 15.9 Å². The van der Waals surface area contributed by atoms with E-state index in [0.717, 1.165) is 5.56 Å². The average Bonchev–Trinajstić information content (AvgIpc) is 2.31. The molecule has 0 heterocycles. The maximum atomic E-state index is 12.2. The molecular formula is C13H18N2O2. The summed E-state index contributed by atoms with van der Waals surface area (Å²) in [5.74, 6) is -0.135. The van der Waals surface area contributed by atoms with Gasteiger partial charge in [-0.2, -0.15) is 0 Å². The molecule has 0 saturated heterocycles. The molecule has 0 aromatic heterocycles. The first kappa shape index (κ1) is 13.3. The van der Waals surface area contributed by atoms with E-state index in [2.05, 4.69) is 6.58 Å². The summed E-state index contributed by atoms with van der Waals surface area (Å²) in [6.07, 6.45) is 1.63. The standard InChI is InChI=1S/C13H18N2O2/c1-3-7-15(8-9-16)13(17)11-5-4-6-12(14)10(11)2/h3-6,16H,1,7-9,14H2,2H3. The Morgan fingerprint density at radius 1 is 1.59 bits per heavy atom. The van der Waals surface area contributed by atoms with Crippen LogP contribution in [-0.4, -0.2) is 35.6 Å². The molecule has 0 spiro atoms. The number of nitrogens with zero attached hydrogens (tertiary/aromatic N) is 1. The zero-order chi connectivity index (χ0) is 12.8. The third kappa shape index (κ3) is 3.07. The Hall–Kier alpha value is -1.81. The highest BCUT2D eigenvalue weighted by atomic mass is 16.3. The summed E-state index contributed by atoms with van der Waals surface area (Å²) in [7, 11) is 0. The number of carbonyl (C=O) groups is 1. The van der Waals surface area contributed by atoms with E-state index in [1.807, 2.05) is 6.92 Å². The summed E-state index contributed by atoms with van der Waals surface area (Å²) in [6, 6.07) is 5.25. The molecule has 4 nitrogen and oxygen atoms in total. The molecule has 3 N–H and O–H groups in total. The predicted octanol–water partition coefficient (Wildman–Crippen LogP) is 1.20. The Balaban J connectivity index is 3.00. The van der Waals surface area contributed by atoms with Crippen LogP contribution in [0.2, 0.25) is 0 Å². The molecule has 0 saturated carbocycles. The fraction of sp³-hybridized carbons (Fsp3) is 0.308. The van der Waals surface area contributed by atoms with E-state index in [4.69, 9.17) is 10.8 Å². The van der Waals surface area contributed by atoms with Gasteiger partial charge in [0.25, 0.3) is 5.91 Å². The Kier molecular flexibility index (Phi) is 4.72. The van der Waals surface area contributed by atoms with Crippen molar-refractivity contribution >= 4 is 11.6 Å². The summed E-state index contributed by atoms with van der Waals surface area (Å²) >= 11 is 0. The van der Waals surface area contributed by atoms with E-state index in [0.29, 0.717) is 24.3 Å². The zero-order valence-corrected chi connectivity index (χ0v) is 10.0. The molecule has 1 aromatic carbocycles. The van der Waals surface area contributed by atoms with Gasteiger partial charge < -0.3 is 15.7 Å². The molecule has 0 aliphatic rings. The lowest BCUT2D eigenvalue weighted by atomic mass is 10.1. The first-order chi connectivity index (χ1) is 8.11. The van der Waals surface area contributed by atoms with Crippen LogP contribution >= 0.6 is 0 Å². The number of amides is 1. The largest absolute Gasteiger partial charge is 0.398 e. The summed E-state index contributed by atoms with van der Waals surface area (Å²) < 4.78 is 0. The molecule has 0 radical (unpaired) electrons. The number of nitrogen functional groups attached to an aromatic ring is 1. The molecule has 1 rings (SSSR count). The van der Waals surface area contributed by atoms with Crippen molar-refractivity contribution in [3.8, 4) is 0 Å². The molecule has 0 unspecified atom stereocenters. The second-order valence-corrected chi connectivity index (χ2v) is 3.78. The summed E-state index contributed by atoms with van der Waals surface area (Å²) in [5.41, 5.74) is 7.70. The van der Waals surface area contributed by atoms with Crippen molar-refractivity contribution in [3.05, 3.63) is 42.0 Å². The topological polar surface area (TPSA) is 66.6 Å². The predicted molar refractivity (Wildman–Crippen MR) is 68.8 cm³/mol. The van der Waals surface area contributed by atoms with E-state index in [1.54, 1.807) is 24.3 Å². The van der Waals surface area contributed by atoms with E-state index in [9.17, 15) is 4.79 Å². The van der Waals surface area contributed by atoms with Gasteiger partial charge in [0.1, 0.15) is 0 Å². The fourth-order valence-corrected chi connectivity index (χ4v) is 1.61. The first-order valence-corrected chi connectivity index (χ1v) is 5.48. The lowest BCUT2D eigenvalue weighted by molar-refractivity contribution is 0.0742. The Morgan fingerprint density at radius 3 is 2.88 bits per heavy atom. The van der Waals surface area contributed by atoms with E-state index in [-0.39, 0.29) is 12.5 Å². The van der Waals surface area contributed by atoms with Gasteiger partial charge in [0.05, 0.1) is 6.61 Å².